The molecule has 0 saturated heterocycles. The minimum absolute atomic E-state index is 0.0185. The third-order valence-electron chi connectivity index (χ3n) is 8.13. The first-order valence-corrected chi connectivity index (χ1v) is 16.7. The van der Waals surface area contributed by atoms with Crippen LogP contribution in [0.3, 0.4) is 0 Å². The lowest BCUT2D eigenvalue weighted by molar-refractivity contribution is 0.0696. The van der Waals surface area contributed by atoms with Gasteiger partial charge in [0.15, 0.2) is 0 Å². The number of pyridine rings is 1. The van der Waals surface area contributed by atoms with Crippen LogP contribution in [-0.4, -0.2) is 49.8 Å². The van der Waals surface area contributed by atoms with Crippen molar-refractivity contribution in [3.8, 4) is 22.9 Å². The summed E-state index contributed by atoms with van der Waals surface area (Å²) in [7, 11) is 0. The number of carbonyl (C=O) groups excluding carboxylic acids is 1. The number of aryl methyl sites for hydroxylation is 2. The van der Waals surface area contributed by atoms with E-state index in [9.17, 15) is 23.9 Å². The van der Waals surface area contributed by atoms with Gasteiger partial charge in [-0.2, -0.15) is 5.10 Å². The number of aromatic carboxylic acids is 1. The van der Waals surface area contributed by atoms with Crippen molar-refractivity contribution in [1.82, 2.24) is 19.7 Å². The average Bonchev–Trinajstić information content (AvgIpc) is 3.53. The van der Waals surface area contributed by atoms with Gasteiger partial charge in [-0.3, -0.25) is 14.7 Å². The number of carboxylic acid groups (broad SMARTS) is 1. The quantitative estimate of drug-likeness (QED) is 0.110. The SMILES string of the molecule is Cc1ccc(C(=O)O)cc1-n1c(C)cc(OCc2ccc(F)cc2CNC(=O)Nc2cc(C(C)(C)C)nn2-c2cccc(OCCO)c2)c(Cl)c1=O. The Bertz CT molecular complexity index is 2190. The molecule has 2 heterocycles. The summed E-state index contributed by atoms with van der Waals surface area (Å²) in [6.45, 7) is 9.23. The summed E-state index contributed by atoms with van der Waals surface area (Å²) >= 11 is 6.48. The number of halogens is 2. The fourth-order valence-electron chi connectivity index (χ4n) is 5.36. The van der Waals surface area contributed by atoms with Gasteiger partial charge in [0.1, 0.15) is 41.4 Å². The minimum atomic E-state index is -1.13. The lowest BCUT2D eigenvalue weighted by Gasteiger charge is -2.17. The maximum absolute atomic E-state index is 14.4. The van der Waals surface area contributed by atoms with Crippen LogP contribution in [0.2, 0.25) is 5.02 Å². The van der Waals surface area contributed by atoms with Crippen molar-refractivity contribution in [2.24, 2.45) is 0 Å². The number of aromatic nitrogens is 3. The number of benzene rings is 3. The van der Waals surface area contributed by atoms with E-state index in [2.05, 4.69) is 10.6 Å². The second-order valence-corrected chi connectivity index (χ2v) is 13.4. The molecule has 0 aliphatic carbocycles. The maximum Gasteiger partial charge on any atom is 0.335 e. The predicted molar refractivity (Wildman–Crippen MR) is 195 cm³/mol. The number of hydrogen-bond donors (Lipinski definition) is 4. The number of rotatable bonds is 12. The Balaban J connectivity index is 1.33. The van der Waals surface area contributed by atoms with Crippen LogP contribution in [0.1, 0.15) is 59.2 Å². The second-order valence-electron chi connectivity index (χ2n) is 13.1. The van der Waals surface area contributed by atoms with Crippen LogP contribution < -0.4 is 25.7 Å². The van der Waals surface area contributed by atoms with E-state index in [1.165, 1.54) is 34.9 Å². The zero-order chi connectivity index (χ0) is 37.7. The van der Waals surface area contributed by atoms with Crippen molar-refractivity contribution < 1.29 is 33.7 Å². The van der Waals surface area contributed by atoms with Crippen LogP contribution in [0.4, 0.5) is 15.0 Å². The molecule has 2 aromatic heterocycles. The number of urea groups is 1. The molecule has 0 bridgehead atoms. The molecule has 2 amide bonds. The monoisotopic (exact) mass is 731 g/mol. The van der Waals surface area contributed by atoms with Gasteiger partial charge < -0.3 is 25.0 Å². The average molecular weight is 732 g/mol. The minimum Gasteiger partial charge on any atom is -0.491 e. The Labute approximate surface area is 304 Å². The summed E-state index contributed by atoms with van der Waals surface area (Å²) in [6.07, 6.45) is 0. The van der Waals surface area contributed by atoms with Gasteiger partial charge in [0, 0.05) is 35.9 Å². The number of anilines is 1. The smallest absolute Gasteiger partial charge is 0.335 e. The highest BCUT2D eigenvalue weighted by Gasteiger charge is 2.22. The third kappa shape index (κ3) is 8.61. The molecule has 0 aliphatic rings. The molecular weight excluding hydrogens is 693 g/mol. The van der Waals surface area contributed by atoms with Gasteiger partial charge in [-0.15, -0.1) is 0 Å². The number of amides is 2. The molecule has 0 spiro atoms. The summed E-state index contributed by atoms with van der Waals surface area (Å²) in [5.41, 5.74) is 2.88. The molecule has 0 unspecified atom stereocenters. The Morgan fingerprint density at radius 2 is 1.75 bits per heavy atom. The fourth-order valence-corrected chi connectivity index (χ4v) is 5.56. The number of nitrogens with zero attached hydrogens (tertiary/aromatic N) is 3. The van der Waals surface area contributed by atoms with Gasteiger partial charge in [-0.25, -0.2) is 18.7 Å². The Kier molecular flexibility index (Phi) is 11.4. The molecule has 5 aromatic rings. The number of hydrogen-bond acceptors (Lipinski definition) is 7. The van der Waals surface area contributed by atoms with Crippen molar-refractivity contribution in [2.45, 2.75) is 53.2 Å². The van der Waals surface area contributed by atoms with Crippen LogP contribution >= 0.6 is 11.6 Å². The number of ether oxygens (including phenoxy) is 2. The van der Waals surface area contributed by atoms with Crippen molar-refractivity contribution in [1.29, 1.82) is 0 Å². The number of carboxylic acids is 1. The van der Waals surface area contributed by atoms with E-state index in [0.717, 1.165) is 5.69 Å². The van der Waals surface area contributed by atoms with Crippen molar-refractivity contribution in [2.75, 3.05) is 18.5 Å². The first kappa shape index (κ1) is 37.6. The molecule has 0 saturated carbocycles. The normalized spacial score (nSPS) is 11.3. The Morgan fingerprint density at radius 1 is 0.981 bits per heavy atom. The van der Waals surface area contributed by atoms with Crippen LogP contribution in [0, 0.1) is 19.7 Å². The van der Waals surface area contributed by atoms with E-state index < -0.39 is 23.4 Å². The number of aliphatic hydroxyl groups is 1. The van der Waals surface area contributed by atoms with Crippen molar-refractivity contribution in [3.05, 3.63) is 128 Å². The Hall–Kier alpha value is -5.66. The molecule has 0 radical (unpaired) electrons. The standard InChI is InChI=1S/C38H39ClFN5O7/c1-22-9-10-24(36(48)49)17-30(22)44-23(2)15-31(34(39)35(44)47)52-21-25-11-12-27(40)16-26(25)20-41-37(50)42-33-19-32(38(3,4)5)43-45(33)28-7-6-8-29(18-28)51-14-13-46/h6-12,15-19,46H,13-14,20-21H2,1-5H3,(H,48,49)(H2,41,42,50). The highest BCUT2D eigenvalue weighted by Crippen LogP contribution is 2.29. The molecule has 4 N–H and O–H groups in total. The predicted octanol–water partition coefficient (Wildman–Crippen LogP) is 6.70. The van der Waals surface area contributed by atoms with E-state index in [1.54, 1.807) is 61.0 Å². The molecule has 0 aliphatic heterocycles. The first-order chi connectivity index (χ1) is 24.7. The van der Waals surface area contributed by atoms with Crippen LogP contribution in [-0.2, 0) is 18.6 Å². The van der Waals surface area contributed by atoms with E-state index in [0.29, 0.717) is 45.3 Å². The lowest BCUT2D eigenvalue weighted by Crippen LogP contribution is -2.29. The van der Waals surface area contributed by atoms with E-state index in [4.69, 9.17) is 31.3 Å². The van der Waals surface area contributed by atoms with Gasteiger partial charge in [0.05, 0.1) is 29.2 Å². The number of nitrogens with one attached hydrogen (secondary N) is 2. The van der Waals surface area contributed by atoms with Gasteiger partial charge in [0.2, 0.25) is 0 Å². The first-order valence-electron chi connectivity index (χ1n) is 16.3. The van der Waals surface area contributed by atoms with E-state index in [-0.39, 0.29) is 48.1 Å². The van der Waals surface area contributed by atoms with Crippen LogP contribution in [0.5, 0.6) is 11.5 Å². The van der Waals surface area contributed by atoms with Crippen molar-refractivity contribution >= 4 is 29.4 Å². The third-order valence-corrected chi connectivity index (χ3v) is 8.48. The molecule has 0 fully saturated rings. The number of carbonyl (C=O) groups is 2. The van der Waals surface area contributed by atoms with Gasteiger partial charge >= 0.3 is 12.0 Å². The van der Waals surface area contributed by atoms with Crippen LogP contribution in [0.25, 0.3) is 11.4 Å². The fraction of sp³-hybridized carbons (Fsp3) is 0.263. The van der Waals surface area contributed by atoms with E-state index in [1.807, 2.05) is 20.8 Å². The van der Waals surface area contributed by atoms with E-state index >= 15 is 0 Å². The molecule has 52 heavy (non-hydrogen) atoms. The van der Waals surface area contributed by atoms with Crippen LogP contribution in [0.15, 0.2) is 77.6 Å². The highest BCUT2D eigenvalue weighted by molar-refractivity contribution is 6.31. The summed E-state index contributed by atoms with van der Waals surface area (Å²) in [5.74, 6) is -0.661. The molecule has 5 rings (SSSR count). The zero-order valence-corrected chi connectivity index (χ0v) is 30.0. The number of aliphatic hydroxyl groups excluding tert-OH is 1. The lowest BCUT2D eigenvalue weighted by atomic mass is 9.92. The largest absolute Gasteiger partial charge is 0.491 e. The molecule has 272 valence electrons. The molecule has 14 heteroatoms. The molecule has 0 atom stereocenters. The van der Waals surface area contributed by atoms with Gasteiger partial charge in [-0.1, -0.05) is 50.6 Å². The molecule has 3 aromatic carbocycles. The summed E-state index contributed by atoms with van der Waals surface area (Å²) in [6, 6.07) is 18.4. The maximum atomic E-state index is 14.4. The zero-order valence-electron chi connectivity index (χ0n) is 29.3. The highest BCUT2D eigenvalue weighted by atomic mass is 35.5. The summed E-state index contributed by atoms with van der Waals surface area (Å²) in [5, 5.41) is 28.7. The Morgan fingerprint density at radius 3 is 2.46 bits per heavy atom. The van der Waals surface area contributed by atoms with Crippen molar-refractivity contribution in [3.63, 3.8) is 0 Å². The second kappa shape index (κ2) is 15.7. The van der Waals surface area contributed by atoms with Gasteiger partial charge in [0.25, 0.3) is 5.56 Å². The molecular formula is C38H39ClFN5O7. The topological polar surface area (TPSA) is 157 Å². The van der Waals surface area contributed by atoms with Gasteiger partial charge in [-0.05, 0) is 66.9 Å². The summed E-state index contributed by atoms with van der Waals surface area (Å²) < 4.78 is 28.8. The molecule has 12 nitrogen and oxygen atoms in total. The summed E-state index contributed by atoms with van der Waals surface area (Å²) in [4.78, 5) is 38.2.